The van der Waals surface area contributed by atoms with Crippen molar-refractivity contribution in [3.63, 3.8) is 0 Å². The minimum Gasteiger partial charge on any atom is -0.474 e. The molecular formula is C15H12N4O4. The van der Waals surface area contributed by atoms with Crippen LogP contribution < -0.4 is 10.3 Å². The zero-order valence-corrected chi connectivity index (χ0v) is 12.1. The van der Waals surface area contributed by atoms with Gasteiger partial charge < -0.3 is 19.8 Å². The average Bonchev–Trinajstić information content (AvgIpc) is 2.55. The molecule has 116 valence electrons. The first-order valence-electron chi connectivity index (χ1n) is 6.81. The Labute approximate surface area is 129 Å². The van der Waals surface area contributed by atoms with Crippen LogP contribution >= 0.6 is 0 Å². The van der Waals surface area contributed by atoms with Crippen molar-refractivity contribution in [2.24, 2.45) is 0 Å². The molecule has 0 aliphatic rings. The van der Waals surface area contributed by atoms with Gasteiger partial charge in [0.1, 0.15) is 6.20 Å². The standard InChI is InChI=1S/C15H12N4O4/c1-9(23-12-7-4-8-16-14(12)19(21)22)13-17-11-6-3-2-5-10(11)15(20)18-13/h2-9H,1H3,(H,17,18,20). The third-order valence-electron chi connectivity index (χ3n) is 3.24. The largest absolute Gasteiger partial charge is 0.474 e. The van der Waals surface area contributed by atoms with E-state index in [9.17, 15) is 14.9 Å². The highest BCUT2D eigenvalue weighted by Crippen LogP contribution is 2.27. The summed E-state index contributed by atoms with van der Waals surface area (Å²) < 4.78 is 5.56. The number of aromatic nitrogens is 3. The predicted molar refractivity (Wildman–Crippen MR) is 82.3 cm³/mol. The second-order valence-electron chi connectivity index (χ2n) is 4.81. The molecule has 0 saturated heterocycles. The van der Waals surface area contributed by atoms with E-state index in [1.54, 1.807) is 31.2 Å². The van der Waals surface area contributed by atoms with Gasteiger partial charge in [0.2, 0.25) is 5.75 Å². The number of nitro groups is 1. The van der Waals surface area contributed by atoms with Crippen LogP contribution in [0.15, 0.2) is 47.4 Å². The van der Waals surface area contributed by atoms with Crippen molar-refractivity contribution >= 4 is 16.7 Å². The van der Waals surface area contributed by atoms with Crippen LogP contribution in [-0.4, -0.2) is 19.9 Å². The molecule has 0 aliphatic carbocycles. The number of hydrogen-bond donors (Lipinski definition) is 1. The zero-order valence-electron chi connectivity index (χ0n) is 12.1. The van der Waals surface area contributed by atoms with E-state index < -0.39 is 11.0 Å². The summed E-state index contributed by atoms with van der Waals surface area (Å²) in [5, 5.41) is 11.4. The van der Waals surface area contributed by atoms with E-state index in [2.05, 4.69) is 15.0 Å². The van der Waals surface area contributed by atoms with Gasteiger partial charge in [0.25, 0.3) is 5.56 Å². The highest BCUT2D eigenvalue weighted by Gasteiger charge is 2.20. The summed E-state index contributed by atoms with van der Waals surface area (Å²) in [7, 11) is 0. The van der Waals surface area contributed by atoms with Gasteiger partial charge in [-0.3, -0.25) is 4.79 Å². The van der Waals surface area contributed by atoms with E-state index in [4.69, 9.17) is 4.74 Å². The van der Waals surface area contributed by atoms with E-state index in [-0.39, 0.29) is 23.0 Å². The second kappa shape index (κ2) is 5.84. The molecule has 0 spiro atoms. The van der Waals surface area contributed by atoms with Gasteiger partial charge in [-0.2, -0.15) is 0 Å². The molecule has 0 bridgehead atoms. The number of pyridine rings is 1. The third-order valence-corrected chi connectivity index (χ3v) is 3.24. The summed E-state index contributed by atoms with van der Waals surface area (Å²) in [5.74, 6) is -0.0878. The van der Waals surface area contributed by atoms with Gasteiger partial charge in [-0.05, 0) is 41.1 Å². The Morgan fingerprint density at radius 3 is 2.83 bits per heavy atom. The molecule has 0 fully saturated rings. The molecular weight excluding hydrogens is 300 g/mol. The summed E-state index contributed by atoms with van der Waals surface area (Å²) in [5.41, 5.74) is 0.240. The van der Waals surface area contributed by atoms with Crippen LogP contribution in [0.25, 0.3) is 10.9 Å². The number of hydrogen-bond acceptors (Lipinski definition) is 6. The van der Waals surface area contributed by atoms with Crippen LogP contribution in [0.5, 0.6) is 5.75 Å². The molecule has 1 aromatic carbocycles. The van der Waals surface area contributed by atoms with E-state index in [0.717, 1.165) is 0 Å². The van der Waals surface area contributed by atoms with Gasteiger partial charge in [-0.25, -0.2) is 4.98 Å². The molecule has 1 N–H and O–H groups in total. The van der Waals surface area contributed by atoms with E-state index in [1.807, 2.05) is 0 Å². The Kier molecular flexibility index (Phi) is 3.71. The monoisotopic (exact) mass is 312 g/mol. The smallest absolute Gasteiger partial charge is 0.406 e. The number of nitrogens with one attached hydrogen (secondary N) is 1. The van der Waals surface area contributed by atoms with Crippen molar-refractivity contribution in [1.29, 1.82) is 0 Å². The molecule has 23 heavy (non-hydrogen) atoms. The maximum Gasteiger partial charge on any atom is 0.406 e. The van der Waals surface area contributed by atoms with Crippen LogP contribution in [0.1, 0.15) is 18.9 Å². The first-order chi connectivity index (χ1) is 11.1. The fourth-order valence-electron chi connectivity index (χ4n) is 2.15. The average molecular weight is 312 g/mol. The number of rotatable bonds is 4. The lowest BCUT2D eigenvalue weighted by Crippen LogP contribution is -2.16. The minimum atomic E-state index is -0.685. The van der Waals surface area contributed by atoms with Crippen molar-refractivity contribution in [1.82, 2.24) is 15.0 Å². The van der Waals surface area contributed by atoms with Gasteiger partial charge >= 0.3 is 5.82 Å². The van der Waals surface area contributed by atoms with Crippen molar-refractivity contribution in [2.75, 3.05) is 0 Å². The molecule has 2 aromatic heterocycles. The number of benzene rings is 1. The van der Waals surface area contributed by atoms with Crippen LogP contribution in [0, 0.1) is 10.1 Å². The van der Waals surface area contributed by atoms with E-state index in [0.29, 0.717) is 10.9 Å². The van der Waals surface area contributed by atoms with Crippen LogP contribution in [0.3, 0.4) is 0 Å². The maximum absolute atomic E-state index is 12.1. The number of fused-ring (bicyclic) bond motifs is 1. The molecule has 0 radical (unpaired) electrons. The molecule has 0 amide bonds. The quantitative estimate of drug-likeness (QED) is 0.584. The molecule has 3 aromatic rings. The number of ether oxygens (including phenoxy) is 1. The topological polar surface area (TPSA) is 111 Å². The molecule has 8 heteroatoms. The summed E-state index contributed by atoms with van der Waals surface area (Å²) in [4.78, 5) is 33.0. The van der Waals surface area contributed by atoms with Crippen LogP contribution in [0.4, 0.5) is 5.82 Å². The fourth-order valence-corrected chi connectivity index (χ4v) is 2.15. The second-order valence-corrected chi connectivity index (χ2v) is 4.81. The lowest BCUT2D eigenvalue weighted by Gasteiger charge is -2.13. The highest BCUT2D eigenvalue weighted by atomic mass is 16.6. The Morgan fingerprint density at radius 2 is 2.04 bits per heavy atom. The molecule has 0 saturated carbocycles. The first kappa shape index (κ1) is 14.6. The summed E-state index contributed by atoms with van der Waals surface area (Å²) >= 11 is 0. The zero-order chi connectivity index (χ0) is 16.4. The fraction of sp³-hybridized carbons (Fsp3) is 0.133. The van der Waals surface area contributed by atoms with Crippen molar-refractivity contribution < 1.29 is 9.66 Å². The van der Waals surface area contributed by atoms with Gasteiger partial charge in [0.05, 0.1) is 10.9 Å². The number of nitrogens with zero attached hydrogens (tertiary/aromatic N) is 3. The maximum atomic E-state index is 12.1. The summed E-state index contributed by atoms with van der Waals surface area (Å²) in [6, 6.07) is 9.88. The SMILES string of the molecule is CC(Oc1cccnc1[N+](=O)[O-])c1nc2ccccc2c(=O)[nH]1. The van der Waals surface area contributed by atoms with Crippen molar-refractivity contribution in [3.8, 4) is 5.75 Å². The number of para-hydroxylation sites is 1. The van der Waals surface area contributed by atoms with Crippen LogP contribution in [0.2, 0.25) is 0 Å². The lowest BCUT2D eigenvalue weighted by atomic mass is 10.2. The lowest BCUT2D eigenvalue weighted by molar-refractivity contribution is -0.390. The molecule has 1 unspecified atom stereocenters. The van der Waals surface area contributed by atoms with Gasteiger partial charge in [-0.15, -0.1) is 0 Å². The Hall–Kier alpha value is -3.29. The molecule has 0 aliphatic heterocycles. The van der Waals surface area contributed by atoms with Crippen molar-refractivity contribution in [3.05, 3.63) is 68.9 Å². The number of H-pyrrole nitrogens is 1. The Bertz CT molecular complexity index is 938. The van der Waals surface area contributed by atoms with E-state index in [1.165, 1.54) is 18.3 Å². The Morgan fingerprint density at radius 1 is 1.26 bits per heavy atom. The van der Waals surface area contributed by atoms with Gasteiger partial charge in [0, 0.05) is 0 Å². The molecule has 8 nitrogen and oxygen atoms in total. The molecule has 2 heterocycles. The molecule has 3 rings (SSSR count). The van der Waals surface area contributed by atoms with E-state index >= 15 is 0 Å². The van der Waals surface area contributed by atoms with Gasteiger partial charge in [0.15, 0.2) is 11.9 Å². The van der Waals surface area contributed by atoms with Crippen LogP contribution in [-0.2, 0) is 0 Å². The predicted octanol–water partition coefficient (Wildman–Crippen LogP) is 2.37. The summed E-state index contributed by atoms with van der Waals surface area (Å²) in [6.45, 7) is 1.64. The first-order valence-corrected chi connectivity index (χ1v) is 6.81. The minimum absolute atomic E-state index is 0.0146. The van der Waals surface area contributed by atoms with Crippen molar-refractivity contribution in [2.45, 2.75) is 13.0 Å². The normalized spacial score (nSPS) is 12.0. The molecule has 1 atom stereocenters. The van der Waals surface area contributed by atoms with Gasteiger partial charge in [-0.1, -0.05) is 12.1 Å². The summed E-state index contributed by atoms with van der Waals surface area (Å²) in [6.07, 6.45) is 0.626. The highest BCUT2D eigenvalue weighted by molar-refractivity contribution is 5.77. The Balaban J connectivity index is 1.97. The third kappa shape index (κ3) is 2.86. The number of aromatic amines is 1.